The van der Waals surface area contributed by atoms with Crippen molar-refractivity contribution >= 4 is 0 Å². The van der Waals surface area contributed by atoms with Gasteiger partial charge in [-0.2, -0.15) is 0 Å². The van der Waals surface area contributed by atoms with Crippen LogP contribution in [-0.2, 0) is 6.54 Å². The normalized spacial score (nSPS) is 16.9. The molecule has 0 atom stereocenters. The van der Waals surface area contributed by atoms with Crippen molar-refractivity contribution in [3.63, 3.8) is 0 Å². The first kappa shape index (κ1) is 17.0. The number of pyridine rings is 1. The van der Waals surface area contributed by atoms with E-state index < -0.39 is 0 Å². The highest BCUT2D eigenvalue weighted by Crippen LogP contribution is 2.29. The van der Waals surface area contributed by atoms with Crippen LogP contribution in [-0.4, -0.2) is 39.4 Å². The highest BCUT2D eigenvalue weighted by atomic mass is 16.3. The number of likely N-dealkylation sites (N-methyl/N-ethyl adjacent to an activating group) is 1. The van der Waals surface area contributed by atoms with E-state index in [0.29, 0.717) is 19.1 Å². The summed E-state index contributed by atoms with van der Waals surface area (Å²) in [5.41, 5.74) is 0.616. The van der Waals surface area contributed by atoms with Gasteiger partial charge in [-0.1, -0.05) is 32.6 Å². The largest absolute Gasteiger partial charge is 0.503 e. The second-order valence-electron chi connectivity index (χ2n) is 6.16. The predicted octanol–water partition coefficient (Wildman–Crippen LogP) is 2.26. The van der Waals surface area contributed by atoms with E-state index in [1.54, 1.807) is 12.3 Å². The zero-order chi connectivity index (χ0) is 15.9. The van der Waals surface area contributed by atoms with Crippen LogP contribution in [0.4, 0.5) is 0 Å². The van der Waals surface area contributed by atoms with Gasteiger partial charge in [0.2, 0.25) is 5.43 Å². The monoisotopic (exact) mass is 308 g/mol. The molecule has 1 aliphatic carbocycles. The van der Waals surface area contributed by atoms with Crippen molar-refractivity contribution in [3.05, 3.63) is 28.2 Å². The van der Waals surface area contributed by atoms with Crippen LogP contribution in [0.1, 0.15) is 57.2 Å². The number of aliphatic hydroxyl groups is 1. The van der Waals surface area contributed by atoms with E-state index in [2.05, 4.69) is 9.47 Å². The topological polar surface area (TPSA) is 65.7 Å². The van der Waals surface area contributed by atoms with Crippen molar-refractivity contribution in [2.45, 2.75) is 58.0 Å². The summed E-state index contributed by atoms with van der Waals surface area (Å²) in [6.07, 6.45) is 8.74. The van der Waals surface area contributed by atoms with Crippen LogP contribution in [0.3, 0.4) is 0 Å². The second kappa shape index (κ2) is 8.34. The summed E-state index contributed by atoms with van der Waals surface area (Å²) in [6.45, 7) is 4.20. The van der Waals surface area contributed by atoms with Crippen LogP contribution in [0.25, 0.3) is 0 Å². The number of nitrogens with zero attached hydrogens (tertiary/aromatic N) is 2. The summed E-state index contributed by atoms with van der Waals surface area (Å²) < 4.78 is 2.10. The minimum atomic E-state index is -0.320. The Balaban J connectivity index is 2.29. The third-order valence-corrected chi connectivity index (χ3v) is 4.61. The van der Waals surface area contributed by atoms with Crippen molar-refractivity contribution in [1.82, 2.24) is 9.47 Å². The van der Waals surface area contributed by atoms with Crippen molar-refractivity contribution in [2.24, 2.45) is 0 Å². The van der Waals surface area contributed by atoms with Gasteiger partial charge in [0.1, 0.15) is 0 Å². The lowest BCUT2D eigenvalue weighted by Gasteiger charge is -2.26. The molecule has 0 amide bonds. The average Bonchev–Trinajstić information content (AvgIpc) is 2.79. The Bertz CT molecular complexity index is 519. The fourth-order valence-electron chi connectivity index (χ4n) is 3.30. The maximum absolute atomic E-state index is 11.8. The van der Waals surface area contributed by atoms with E-state index in [1.165, 1.54) is 25.7 Å². The summed E-state index contributed by atoms with van der Waals surface area (Å²) >= 11 is 0. The molecule has 0 unspecified atom stereocenters. The third-order valence-electron chi connectivity index (χ3n) is 4.61. The van der Waals surface area contributed by atoms with Crippen LogP contribution < -0.4 is 5.43 Å². The first-order valence-electron chi connectivity index (χ1n) is 8.43. The summed E-state index contributed by atoms with van der Waals surface area (Å²) in [5, 5.41) is 19.0. The lowest BCUT2D eigenvalue weighted by Crippen LogP contribution is -2.29. The van der Waals surface area contributed by atoms with Crippen LogP contribution in [0.15, 0.2) is 17.1 Å². The zero-order valence-corrected chi connectivity index (χ0v) is 13.5. The van der Waals surface area contributed by atoms with Gasteiger partial charge in [-0.3, -0.25) is 9.69 Å². The third kappa shape index (κ3) is 4.34. The SMILES string of the molecule is CCN(CCO)Cc1cc(=O)c(O)cn1C1CCCCCC1. The van der Waals surface area contributed by atoms with E-state index in [1.807, 2.05) is 6.92 Å². The molecule has 0 radical (unpaired) electrons. The Morgan fingerprint density at radius 1 is 1.27 bits per heavy atom. The van der Waals surface area contributed by atoms with Gasteiger partial charge >= 0.3 is 0 Å². The van der Waals surface area contributed by atoms with Crippen molar-refractivity contribution in [1.29, 1.82) is 0 Å². The maximum Gasteiger partial charge on any atom is 0.223 e. The number of rotatable bonds is 6. The van der Waals surface area contributed by atoms with Gasteiger partial charge in [0, 0.05) is 30.9 Å². The van der Waals surface area contributed by atoms with Gasteiger partial charge < -0.3 is 14.8 Å². The highest BCUT2D eigenvalue weighted by Gasteiger charge is 2.18. The van der Waals surface area contributed by atoms with Gasteiger partial charge in [-0.05, 0) is 19.4 Å². The molecule has 1 aliphatic rings. The first-order valence-corrected chi connectivity index (χ1v) is 8.43. The fourth-order valence-corrected chi connectivity index (χ4v) is 3.30. The molecule has 0 aliphatic heterocycles. The van der Waals surface area contributed by atoms with Crippen molar-refractivity contribution in [3.8, 4) is 5.75 Å². The Kier molecular flexibility index (Phi) is 6.46. The number of hydrogen-bond donors (Lipinski definition) is 2. The number of aliphatic hydroxyl groups excluding tert-OH is 1. The summed E-state index contributed by atoms with van der Waals surface area (Å²) in [7, 11) is 0. The molecule has 0 saturated heterocycles. The van der Waals surface area contributed by atoms with Crippen LogP contribution in [0, 0.1) is 0 Å². The highest BCUT2D eigenvalue weighted by molar-refractivity contribution is 5.21. The molecule has 1 heterocycles. The molecule has 1 fully saturated rings. The lowest BCUT2D eigenvalue weighted by molar-refractivity contribution is 0.192. The van der Waals surface area contributed by atoms with Crippen LogP contribution in [0.2, 0.25) is 0 Å². The van der Waals surface area contributed by atoms with Gasteiger partial charge in [-0.15, -0.1) is 0 Å². The molecule has 5 nitrogen and oxygen atoms in total. The number of aromatic nitrogens is 1. The molecular weight excluding hydrogens is 280 g/mol. The van der Waals surface area contributed by atoms with E-state index >= 15 is 0 Å². The molecular formula is C17H28N2O3. The minimum Gasteiger partial charge on any atom is -0.503 e. The van der Waals surface area contributed by atoms with E-state index in [4.69, 9.17) is 5.11 Å². The van der Waals surface area contributed by atoms with E-state index in [-0.39, 0.29) is 17.8 Å². The predicted molar refractivity (Wildman–Crippen MR) is 87.1 cm³/mol. The smallest absolute Gasteiger partial charge is 0.223 e. The molecule has 5 heteroatoms. The Morgan fingerprint density at radius 3 is 2.55 bits per heavy atom. The van der Waals surface area contributed by atoms with E-state index in [0.717, 1.165) is 25.1 Å². The van der Waals surface area contributed by atoms with Gasteiger partial charge in [-0.25, -0.2) is 0 Å². The zero-order valence-electron chi connectivity index (χ0n) is 13.5. The second-order valence-corrected chi connectivity index (χ2v) is 6.16. The molecule has 1 saturated carbocycles. The Hall–Kier alpha value is -1.33. The number of hydrogen-bond acceptors (Lipinski definition) is 4. The van der Waals surface area contributed by atoms with Crippen LogP contribution in [0.5, 0.6) is 5.75 Å². The Labute approximate surface area is 132 Å². The summed E-state index contributed by atoms with van der Waals surface area (Å²) in [6, 6.07) is 1.91. The van der Waals surface area contributed by atoms with Crippen molar-refractivity contribution < 1.29 is 10.2 Å². The standard InChI is InChI=1S/C17H28N2O3/c1-2-18(9-10-20)12-15-11-16(21)17(22)13-19(15)14-7-5-3-4-6-8-14/h11,13-14,20,22H,2-10,12H2,1H3. The van der Waals surface area contributed by atoms with Gasteiger partial charge in [0.25, 0.3) is 0 Å². The van der Waals surface area contributed by atoms with Crippen molar-refractivity contribution in [2.75, 3.05) is 19.7 Å². The molecule has 2 rings (SSSR count). The average molecular weight is 308 g/mol. The quantitative estimate of drug-likeness (QED) is 0.791. The molecule has 0 bridgehead atoms. The summed E-state index contributed by atoms with van der Waals surface area (Å²) in [4.78, 5) is 13.9. The van der Waals surface area contributed by atoms with E-state index in [9.17, 15) is 9.90 Å². The molecule has 124 valence electrons. The Morgan fingerprint density at radius 2 is 1.95 bits per heavy atom. The number of aromatic hydroxyl groups is 1. The van der Waals surface area contributed by atoms with Crippen LogP contribution >= 0.6 is 0 Å². The van der Waals surface area contributed by atoms with Gasteiger partial charge in [0.05, 0.1) is 12.8 Å². The minimum absolute atomic E-state index is 0.111. The molecule has 0 aromatic carbocycles. The fraction of sp³-hybridized carbons (Fsp3) is 0.706. The molecule has 0 spiro atoms. The summed E-state index contributed by atoms with van der Waals surface area (Å²) in [5.74, 6) is -0.168. The molecule has 2 N–H and O–H groups in total. The molecule has 1 aromatic rings. The first-order chi connectivity index (χ1) is 10.7. The lowest BCUT2D eigenvalue weighted by atomic mass is 10.1. The molecule has 1 aromatic heterocycles. The molecule has 22 heavy (non-hydrogen) atoms. The van der Waals surface area contributed by atoms with Gasteiger partial charge in [0.15, 0.2) is 5.75 Å². The maximum atomic E-state index is 11.8.